The third-order valence-corrected chi connectivity index (χ3v) is 3.85. The molecule has 0 saturated heterocycles. The highest BCUT2D eigenvalue weighted by Gasteiger charge is 2.18. The van der Waals surface area contributed by atoms with E-state index in [1.54, 1.807) is 24.3 Å². The van der Waals surface area contributed by atoms with Crippen LogP contribution in [-0.2, 0) is 4.79 Å². The van der Waals surface area contributed by atoms with Gasteiger partial charge in [-0.05, 0) is 58.4 Å². The maximum Gasteiger partial charge on any atom is 0.253 e. The number of ether oxygens (including phenoxy) is 1. The number of carbonyl (C=O) groups excluding carboxylic acids is 2. The Bertz CT molecular complexity index is 823. The SMILES string of the molecule is Cc1ccc(OCCC(=O)Nc2ccccc2C(=O)NC(C)(C)C)c(C)c1. The van der Waals surface area contributed by atoms with Gasteiger partial charge in [-0.3, -0.25) is 9.59 Å². The molecule has 0 heterocycles. The lowest BCUT2D eigenvalue weighted by molar-refractivity contribution is -0.116. The number of para-hydroxylation sites is 1. The van der Waals surface area contributed by atoms with E-state index in [0.717, 1.165) is 11.3 Å². The van der Waals surface area contributed by atoms with Gasteiger partial charge in [0.2, 0.25) is 5.91 Å². The quantitative estimate of drug-likeness (QED) is 0.801. The Morgan fingerprint density at radius 1 is 1.04 bits per heavy atom. The molecule has 0 bridgehead atoms. The average Bonchev–Trinajstić information content (AvgIpc) is 2.55. The van der Waals surface area contributed by atoms with Crippen LogP contribution in [0.5, 0.6) is 5.75 Å². The molecule has 0 unspecified atom stereocenters. The van der Waals surface area contributed by atoms with Crippen LogP contribution in [0.1, 0.15) is 48.7 Å². The minimum absolute atomic E-state index is 0.197. The summed E-state index contributed by atoms with van der Waals surface area (Å²) in [6.45, 7) is 10.0. The van der Waals surface area contributed by atoms with Gasteiger partial charge in [-0.2, -0.15) is 0 Å². The van der Waals surface area contributed by atoms with Crippen molar-refractivity contribution in [3.05, 3.63) is 59.2 Å². The van der Waals surface area contributed by atoms with E-state index >= 15 is 0 Å². The van der Waals surface area contributed by atoms with E-state index in [4.69, 9.17) is 4.74 Å². The molecule has 0 spiro atoms. The van der Waals surface area contributed by atoms with Crippen LogP contribution in [0.2, 0.25) is 0 Å². The van der Waals surface area contributed by atoms with Gasteiger partial charge in [-0.25, -0.2) is 0 Å². The van der Waals surface area contributed by atoms with Crippen molar-refractivity contribution >= 4 is 17.5 Å². The van der Waals surface area contributed by atoms with Crippen LogP contribution in [0, 0.1) is 13.8 Å². The average molecular weight is 368 g/mol. The Balaban J connectivity index is 1.95. The summed E-state index contributed by atoms with van der Waals surface area (Å²) in [5, 5.41) is 5.72. The number of hydrogen-bond donors (Lipinski definition) is 2. The van der Waals surface area contributed by atoms with Crippen molar-refractivity contribution in [3.63, 3.8) is 0 Å². The van der Waals surface area contributed by atoms with E-state index in [-0.39, 0.29) is 30.4 Å². The fourth-order valence-corrected chi connectivity index (χ4v) is 2.63. The molecule has 144 valence electrons. The zero-order valence-electron chi connectivity index (χ0n) is 16.7. The molecular weight excluding hydrogens is 340 g/mol. The van der Waals surface area contributed by atoms with Gasteiger partial charge in [0, 0.05) is 5.54 Å². The molecular formula is C22H28N2O3. The van der Waals surface area contributed by atoms with E-state index in [0.29, 0.717) is 11.3 Å². The minimum Gasteiger partial charge on any atom is -0.493 e. The number of nitrogens with one attached hydrogen (secondary N) is 2. The molecule has 0 aliphatic carbocycles. The van der Waals surface area contributed by atoms with Crippen molar-refractivity contribution in [2.45, 2.75) is 46.6 Å². The van der Waals surface area contributed by atoms with Crippen molar-refractivity contribution in [3.8, 4) is 5.75 Å². The first-order valence-corrected chi connectivity index (χ1v) is 9.07. The standard InChI is InChI=1S/C22H28N2O3/c1-15-10-11-19(16(2)14-15)27-13-12-20(25)23-18-9-7-6-8-17(18)21(26)24-22(3,4)5/h6-11,14H,12-13H2,1-5H3,(H,23,25)(H,24,26). The van der Waals surface area contributed by atoms with Crippen LogP contribution >= 0.6 is 0 Å². The largest absolute Gasteiger partial charge is 0.493 e. The molecule has 0 aliphatic rings. The van der Waals surface area contributed by atoms with Gasteiger partial charge in [0.15, 0.2) is 0 Å². The van der Waals surface area contributed by atoms with Crippen molar-refractivity contribution in [1.29, 1.82) is 0 Å². The maximum absolute atomic E-state index is 12.4. The molecule has 0 fully saturated rings. The number of aryl methyl sites for hydroxylation is 2. The fourth-order valence-electron chi connectivity index (χ4n) is 2.63. The lowest BCUT2D eigenvalue weighted by Gasteiger charge is -2.21. The van der Waals surface area contributed by atoms with Crippen LogP contribution in [0.25, 0.3) is 0 Å². The summed E-state index contributed by atoms with van der Waals surface area (Å²) in [6, 6.07) is 12.9. The highest BCUT2D eigenvalue weighted by molar-refractivity contribution is 6.04. The highest BCUT2D eigenvalue weighted by atomic mass is 16.5. The zero-order chi connectivity index (χ0) is 20.0. The minimum atomic E-state index is -0.353. The molecule has 0 radical (unpaired) electrons. The molecule has 2 aromatic carbocycles. The normalized spacial score (nSPS) is 11.0. The second-order valence-corrected chi connectivity index (χ2v) is 7.67. The lowest BCUT2D eigenvalue weighted by Crippen LogP contribution is -2.40. The molecule has 5 nitrogen and oxygen atoms in total. The van der Waals surface area contributed by atoms with Crippen LogP contribution in [0.15, 0.2) is 42.5 Å². The predicted octanol–water partition coefficient (Wildman–Crippen LogP) is 4.24. The number of hydrogen-bond acceptors (Lipinski definition) is 3. The summed E-state index contributed by atoms with van der Waals surface area (Å²) in [7, 11) is 0. The molecule has 2 N–H and O–H groups in total. The summed E-state index contributed by atoms with van der Waals surface area (Å²) in [5.74, 6) is 0.360. The Labute approximate surface area is 161 Å². The first-order valence-electron chi connectivity index (χ1n) is 9.07. The molecule has 2 amide bonds. The molecule has 5 heteroatoms. The third-order valence-electron chi connectivity index (χ3n) is 3.85. The summed E-state index contributed by atoms with van der Waals surface area (Å²) in [6.07, 6.45) is 0.197. The molecule has 2 aromatic rings. The summed E-state index contributed by atoms with van der Waals surface area (Å²) < 4.78 is 5.70. The van der Waals surface area contributed by atoms with Gasteiger partial charge >= 0.3 is 0 Å². The molecule has 0 aliphatic heterocycles. The highest BCUT2D eigenvalue weighted by Crippen LogP contribution is 2.19. The number of anilines is 1. The predicted molar refractivity (Wildman–Crippen MR) is 108 cm³/mol. The smallest absolute Gasteiger partial charge is 0.253 e. The van der Waals surface area contributed by atoms with Gasteiger partial charge in [0.05, 0.1) is 24.3 Å². The summed E-state index contributed by atoms with van der Waals surface area (Å²) in [5.41, 5.74) is 2.79. The number of amides is 2. The first-order chi connectivity index (χ1) is 12.7. The van der Waals surface area contributed by atoms with Crippen molar-refractivity contribution in [2.75, 3.05) is 11.9 Å². The zero-order valence-corrected chi connectivity index (χ0v) is 16.7. The van der Waals surface area contributed by atoms with E-state index < -0.39 is 0 Å². The van der Waals surface area contributed by atoms with Gasteiger partial charge in [-0.1, -0.05) is 29.8 Å². The summed E-state index contributed by atoms with van der Waals surface area (Å²) in [4.78, 5) is 24.7. The van der Waals surface area contributed by atoms with Crippen LogP contribution in [0.3, 0.4) is 0 Å². The maximum atomic E-state index is 12.4. The van der Waals surface area contributed by atoms with Crippen LogP contribution < -0.4 is 15.4 Å². The Hall–Kier alpha value is -2.82. The van der Waals surface area contributed by atoms with Gasteiger partial charge < -0.3 is 15.4 Å². The third kappa shape index (κ3) is 6.44. The van der Waals surface area contributed by atoms with E-state index in [1.807, 2.05) is 52.8 Å². The number of carbonyl (C=O) groups is 2. The second kappa shape index (κ2) is 8.71. The van der Waals surface area contributed by atoms with E-state index in [1.165, 1.54) is 5.56 Å². The fraction of sp³-hybridized carbons (Fsp3) is 0.364. The van der Waals surface area contributed by atoms with Crippen molar-refractivity contribution < 1.29 is 14.3 Å². The van der Waals surface area contributed by atoms with Gasteiger partial charge in [0.25, 0.3) is 5.91 Å². The molecule has 2 rings (SSSR count). The monoisotopic (exact) mass is 368 g/mol. The number of benzene rings is 2. The van der Waals surface area contributed by atoms with Crippen LogP contribution in [-0.4, -0.2) is 24.0 Å². The molecule has 0 saturated carbocycles. The Morgan fingerprint density at radius 2 is 1.74 bits per heavy atom. The van der Waals surface area contributed by atoms with E-state index in [9.17, 15) is 9.59 Å². The second-order valence-electron chi connectivity index (χ2n) is 7.67. The van der Waals surface area contributed by atoms with E-state index in [2.05, 4.69) is 10.6 Å². The Kier molecular flexibility index (Phi) is 6.61. The molecule has 27 heavy (non-hydrogen) atoms. The lowest BCUT2D eigenvalue weighted by atomic mass is 10.1. The van der Waals surface area contributed by atoms with Gasteiger partial charge in [0.1, 0.15) is 5.75 Å². The Morgan fingerprint density at radius 3 is 2.41 bits per heavy atom. The van der Waals surface area contributed by atoms with Crippen molar-refractivity contribution in [2.24, 2.45) is 0 Å². The first kappa shape index (κ1) is 20.5. The topological polar surface area (TPSA) is 67.4 Å². The molecule has 0 atom stereocenters. The van der Waals surface area contributed by atoms with Crippen molar-refractivity contribution in [1.82, 2.24) is 5.32 Å². The van der Waals surface area contributed by atoms with Gasteiger partial charge in [-0.15, -0.1) is 0 Å². The summed E-state index contributed by atoms with van der Waals surface area (Å²) >= 11 is 0. The molecule has 0 aromatic heterocycles. The van der Waals surface area contributed by atoms with Crippen LogP contribution in [0.4, 0.5) is 5.69 Å². The number of rotatable bonds is 6.